The lowest BCUT2D eigenvalue weighted by Crippen LogP contribution is -2.24. The molecule has 2 aromatic rings. The van der Waals surface area contributed by atoms with Gasteiger partial charge in [-0.05, 0) is 42.5 Å². The van der Waals surface area contributed by atoms with Gasteiger partial charge in [0, 0.05) is 11.4 Å². The highest BCUT2D eigenvalue weighted by Gasteiger charge is 2.21. The SMILES string of the molecule is Cc1cccc(C(C)C)c1NC(=O)C(C)SC1=Nc2ccccc2CS1. The second-order valence-corrected chi connectivity index (χ2v) is 9.29. The van der Waals surface area contributed by atoms with E-state index in [-0.39, 0.29) is 11.2 Å². The number of hydrogen-bond donors (Lipinski definition) is 1. The number of fused-ring (bicyclic) bond motifs is 1. The first kappa shape index (κ1) is 19.1. The number of amides is 1. The Kier molecular flexibility index (Phi) is 6.09. The average Bonchev–Trinajstić information content (AvgIpc) is 2.63. The molecule has 1 heterocycles. The number of aliphatic imine (C=N–C) groups is 1. The number of carbonyl (C=O) groups excluding carboxylic acids is 1. The number of para-hydroxylation sites is 2. The van der Waals surface area contributed by atoms with Crippen LogP contribution in [0.2, 0.25) is 0 Å². The third-order valence-electron chi connectivity index (χ3n) is 4.38. The van der Waals surface area contributed by atoms with Gasteiger partial charge in [0.05, 0.1) is 10.9 Å². The number of hydrogen-bond acceptors (Lipinski definition) is 4. The zero-order valence-corrected chi connectivity index (χ0v) is 17.2. The zero-order chi connectivity index (χ0) is 18.7. The van der Waals surface area contributed by atoms with E-state index in [1.807, 2.05) is 44.2 Å². The molecule has 5 heteroatoms. The van der Waals surface area contributed by atoms with E-state index in [1.54, 1.807) is 11.8 Å². The van der Waals surface area contributed by atoms with Crippen LogP contribution < -0.4 is 5.32 Å². The predicted octanol–water partition coefficient (Wildman–Crippen LogP) is 6.11. The van der Waals surface area contributed by atoms with Crippen LogP contribution in [0.4, 0.5) is 11.4 Å². The van der Waals surface area contributed by atoms with Crippen molar-refractivity contribution >= 4 is 45.2 Å². The number of nitrogens with zero attached hydrogens (tertiary/aromatic N) is 1. The Morgan fingerprint density at radius 2 is 1.92 bits per heavy atom. The number of benzene rings is 2. The van der Waals surface area contributed by atoms with Crippen molar-refractivity contribution in [1.29, 1.82) is 0 Å². The van der Waals surface area contributed by atoms with Gasteiger partial charge in [-0.25, -0.2) is 4.99 Å². The van der Waals surface area contributed by atoms with Crippen LogP contribution in [0.5, 0.6) is 0 Å². The first-order valence-corrected chi connectivity index (χ1v) is 10.7. The minimum Gasteiger partial charge on any atom is -0.325 e. The molecule has 1 aliphatic heterocycles. The van der Waals surface area contributed by atoms with E-state index < -0.39 is 0 Å². The van der Waals surface area contributed by atoms with Crippen molar-refractivity contribution in [1.82, 2.24) is 0 Å². The molecule has 136 valence electrons. The van der Waals surface area contributed by atoms with Crippen molar-refractivity contribution in [2.24, 2.45) is 4.99 Å². The highest BCUT2D eigenvalue weighted by Crippen LogP contribution is 2.36. The molecule has 2 aromatic carbocycles. The normalized spacial score (nSPS) is 14.6. The monoisotopic (exact) mass is 384 g/mol. The molecular formula is C21H24N2OS2. The van der Waals surface area contributed by atoms with Crippen molar-refractivity contribution in [3.63, 3.8) is 0 Å². The van der Waals surface area contributed by atoms with E-state index in [9.17, 15) is 4.79 Å². The molecule has 26 heavy (non-hydrogen) atoms. The number of aryl methyl sites for hydroxylation is 1. The number of anilines is 1. The molecule has 0 aliphatic carbocycles. The largest absolute Gasteiger partial charge is 0.325 e. The molecular weight excluding hydrogens is 360 g/mol. The van der Waals surface area contributed by atoms with E-state index in [4.69, 9.17) is 4.99 Å². The van der Waals surface area contributed by atoms with Crippen LogP contribution in [0.15, 0.2) is 47.5 Å². The number of nitrogens with one attached hydrogen (secondary N) is 1. The van der Waals surface area contributed by atoms with Crippen LogP contribution in [0.3, 0.4) is 0 Å². The Balaban J connectivity index is 1.71. The summed E-state index contributed by atoms with van der Waals surface area (Å²) in [5.41, 5.74) is 5.49. The maximum atomic E-state index is 12.8. The quantitative estimate of drug-likeness (QED) is 0.691. The van der Waals surface area contributed by atoms with Gasteiger partial charge in [0.25, 0.3) is 0 Å². The molecule has 1 amide bonds. The fraction of sp³-hybridized carbons (Fsp3) is 0.333. The van der Waals surface area contributed by atoms with Gasteiger partial charge < -0.3 is 5.32 Å². The van der Waals surface area contributed by atoms with Crippen molar-refractivity contribution in [3.8, 4) is 0 Å². The van der Waals surface area contributed by atoms with Crippen LogP contribution in [-0.2, 0) is 10.5 Å². The van der Waals surface area contributed by atoms with Gasteiger partial charge in [-0.15, -0.1) is 0 Å². The summed E-state index contributed by atoms with van der Waals surface area (Å²) in [7, 11) is 0. The molecule has 1 N–H and O–H groups in total. The summed E-state index contributed by atoms with van der Waals surface area (Å²) >= 11 is 3.23. The Hall–Kier alpha value is -1.72. The maximum Gasteiger partial charge on any atom is 0.237 e. The fourth-order valence-corrected chi connectivity index (χ4v) is 5.03. The third-order valence-corrected chi connectivity index (χ3v) is 6.67. The Labute approximate surface area is 164 Å². The molecule has 0 radical (unpaired) electrons. The third kappa shape index (κ3) is 4.33. The van der Waals surface area contributed by atoms with Crippen molar-refractivity contribution in [2.45, 2.75) is 44.6 Å². The summed E-state index contributed by atoms with van der Waals surface area (Å²) in [5, 5.41) is 2.94. The summed E-state index contributed by atoms with van der Waals surface area (Å²) in [4.78, 5) is 17.5. The minimum atomic E-state index is -0.203. The smallest absolute Gasteiger partial charge is 0.237 e. The van der Waals surface area contributed by atoms with E-state index in [1.165, 1.54) is 22.9 Å². The lowest BCUT2D eigenvalue weighted by atomic mass is 9.98. The number of carbonyl (C=O) groups is 1. The standard InChI is InChI=1S/C21H24N2OS2/c1-13(2)17-10-7-8-14(3)19(17)23-20(24)15(4)26-21-22-18-11-6-5-9-16(18)12-25-21/h5-11,13,15H,12H2,1-4H3,(H,23,24). The summed E-state index contributed by atoms with van der Waals surface area (Å²) in [5.74, 6) is 1.29. The Morgan fingerprint density at radius 3 is 2.69 bits per heavy atom. The summed E-state index contributed by atoms with van der Waals surface area (Å²) < 4.78 is 0.959. The van der Waals surface area contributed by atoms with Gasteiger partial charge >= 0.3 is 0 Å². The van der Waals surface area contributed by atoms with Crippen LogP contribution in [0.25, 0.3) is 0 Å². The zero-order valence-electron chi connectivity index (χ0n) is 15.6. The molecule has 0 aromatic heterocycles. The molecule has 0 saturated heterocycles. The van der Waals surface area contributed by atoms with Crippen LogP contribution in [0.1, 0.15) is 43.4 Å². The van der Waals surface area contributed by atoms with E-state index in [0.717, 1.165) is 27.1 Å². The Bertz CT molecular complexity index is 846. The van der Waals surface area contributed by atoms with Crippen LogP contribution in [-0.4, -0.2) is 15.5 Å². The Morgan fingerprint density at radius 1 is 1.15 bits per heavy atom. The van der Waals surface area contributed by atoms with Crippen LogP contribution in [0, 0.1) is 6.92 Å². The molecule has 1 unspecified atom stereocenters. The van der Waals surface area contributed by atoms with Gasteiger partial charge in [0.15, 0.2) is 0 Å². The van der Waals surface area contributed by atoms with Crippen molar-refractivity contribution in [2.75, 3.05) is 5.32 Å². The van der Waals surface area contributed by atoms with Gasteiger partial charge in [0.2, 0.25) is 5.91 Å². The highest BCUT2D eigenvalue weighted by molar-refractivity contribution is 8.39. The molecule has 3 rings (SSSR count). The fourth-order valence-electron chi connectivity index (χ4n) is 2.84. The van der Waals surface area contributed by atoms with Crippen molar-refractivity contribution in [3.05, 3.63) is 59.2 Å². The summed E-state index contributed by atoms with van der Waals surface area (Å²) in [6, 6.07) is 14.3. The van der Waals surface area contributed by atoms with E-state index in [2.05, 4.69) is 31.3 Å². The molecule has 3 nitrogen and oxygen atoms in total. The average molecular weight is 385 g/mol. The lowest BCUT2D eigenvalue weighted by molar-refractivity contribution is -0.115. The first-order chi connectivity index (χ1) is 12.5. The van der Waals surface area contributed by atoms with E-state index in [0.29, 0.717) is 5.92 Å². The molecule has 0 fully saturated rings. The second-order valence-electron chi connectivity index (χ2n) is 6.74. The van der Waals surface area contributed by atoms with Gasteiger partial charge in [0.1, 0.15) is 4.38 Å². The summed E-state index contributed by atoms with van der Waals surface area (Å²) in [6.07, 6.45) is 0. The molecule has 1 atom stereocenters. The lowest BCUT2D eigenvalue weighted by Gasteiger charge is -2.20. The molecule has 1 aliphatic rings. The van der Waals surface area contributed by atoms with Crippen LogP contribution >= 0.6 is 23.5 Å². The van der Waals surface area contributed by atoms with Gasteiger partial charge in [-0.2, -0.15) is 0 Å². The molecule has 0 bridgehead atoms. The summed E-state index contributed by atoms with van der Waals surface area (Å²) in [6.45, 7) is 8.27. The number of thioether (sulfide) groups is 2. The first-order valence-electron chi connectivity index (χ1n) is 8.82. The van der Waals surface area contributed by atoms with Gasteiger partial charge in [-0.3, -0.25) is 4.79 Å². The molecule has 0 saturated carbocycles. The number of rotatable bonds is 4. The highest BCUT2D eigenvalue weighted by atomic mass is 32.2. The minimum absolute atomic E-state index is 0.0216. The predicted molar refractivity (Wildman–Crippen MR) is 116 cm³/mol. The van der Waals surface area contributed by atoms with E-state index >= 15 is 0 Å². The second kappa shape index (κ2) is 8.31. The molecule has 0 spiro atoms. The van der Waals surface area contributed by atoms with Gasteiger partial charge in [-0.1, -0.05) is 73.8 Å². The topological polar surface area (TPSA) is 41.5 Å². The maximum absolute atomic E-state index is 12.8. The van der Waals surface area contributed by atoms with Crippen molar-refractivity contribution < 1.29 is 4.79 Å².